The van der Waals surface area contributed by atoms with Crippen molar-refractivity contribution in [3.8, 4) is 0 Å². The molecule has 0 saturated heterocycles. The van der Waals surface area contributed by atoms with Gasteiger partial charge in [-0.05, 0) is 48.6 Å². The van der Waals surface area contributed by atoms with Gasteiger partial charge in [0.25, 0.3) is 0 Å². The van der Waals surface area contributed by atoms with E-state index in [4.69, 9.17) is 11.6 Å². The summed E-state index contributed by atoms with van der Waals surface area (Å²) in [5, 5.41) is 3.59. The lowest BCUT2D eigenvalue weighted by Crippen LogP contribution is -2.48. The van der Waals surface area contributed by atoms with E-state index < -0.39 is 6.04 Å². The van der Waals surface area contributed by atoms with Gasteiger partial charge in [0.1, 0.15) is 6.04 Å². The number of rotatable bonds is 9. The van der Waals surface area contributed by atoms with Crippen LogP contribution in [0.1, 0.15) is 38.3 Å². The molecule has 0 aliphatic carbocycles. The fourth-order valence-corrected chi connectivity index (χ4v) is 3.40. The number of carbonyl (C=O) groups excluding carboxylic acids is 2. The van der Waals surface area contributed by atoms with Crippen LogP contribution >= 0.6 is 27.5 Å². The van der Waals surface area contributed by atoms with Crippen molar-refractivity contribution in [3.05, 3.63) is 69.2 Å². The topological polar surface area (TPSA) is 49.4 Å². The molecule has 0 aromatic heterocycles. The van der Waals surface area contributed by atoms with Crippen LogP contribution in [-0.2, 0) is 22.6 Å². The number of benzene rings is 2. The monoisotopic (exact) mass is 478 g/mol. The first-order valence-corrected chi connectivity index (χ1v) is 11.0. The minimum atomic E-state index is -0.559. The highest BCUT2D eigenvalue weighted by atomic mass is 79.9. The predicted molar refractivity (Wildman–Crippen MR) is 122 cm³/mol. The highest BCUT2D eigenvalue weighted by Crippen LogP contribution is 2.19. The molecule has 2 rings (SSSR count). The van der Waals surface area contributed by atoms with Crippen molar-refractivity contribution >= 4 is 39.3 Å². The van der Waals surface area contributed by atoms with Gasteiger partial charge in [-0.3, -0.25) is 9.59 Å². The Morgan fingerprint density at radius 1 is 1.07 bits per heavy atom. The molecular formula is C23H28BrClN2O2. The summed E-state index contributed by atoms with van der Waals surface area (Å²) in [6.07, 6.45) is 0.831. The van der Waals surface area contributed by atoms with E-state index in [1.165, 1.54) is 0 Å². The van der Waals surface area contributed by atoms with Crippen LogP contribution in [0.25, 0.3) is 0 Å². The van der Waals surface area contributed by atoms with Gasteiger partial charge in [-0.25, -0.2) is 0 Å². The maximum Gasteiger partial charge on any atom is 0.242 e. The Hall–Kier alpha value is -1.85. The molecule has 2 amide bonds. The molecule has 0 fully saturated rings. The lowest BCUT2D eigenvalue weighted by molar-refractivity contribution is -0.140. The van der Waals surface area contributed by atoms with Crippen molar-refractivity contribution in [2.45, 2.75) is 46.2 Å². The number of nitrogens with one attached hydrogen (secondary N) is 1. The summed E-state index contributed by atoms with van der Waals surface area (Å²) in [6, 6.07) is 14.7. The molecule has 1 N–H and O–H groups in total. The summed E-state index contributed by atoms with van der Waals surface area (Å²) < 4.78 is 0.973. The van der Waals surface area contributed by atoms with Gasteiger partial charge in [0.05, 0.1) is 0 Å². The van der Waals surface area contributed by atoms with Crippen molar-refractivity contribution in [2.24, 2.45) is 5.92 Å². The second-order valence-corrected chi connectivity index (χ2v) is 8.88. The Morgan fingerprint density at radius 3 is 2.34 bits per heavy atom. The second kappa shape index (κ2) is 11.4. The number of amides is 2. The molecule has 0 saturated carbocycles. The molecule has 0 aliphatic rings. The van der Waals surface area contributed by atoms with E-state index in [0.717, 1.165) is 15.6 Å². The summed E-state index contributed by atoms with van der Waals surface area (Å²) in [4.78, 5) is 27.4. The molecular weight excluding hydrogens is 452 g/mol. The lowest BCUT2D eigenvalue weighted by Gasteiger charge is -2.29. The van der Waals surface area contributed by atoms with Crippen molar-refractivity contribution in [2.75, 3.05) is 6.54 Å². The largest absolute Gasteiger partial charge is 0.354 e. The summed E-state index contributed by atoms with van der Waals surface area (Å²) in [7, 11) is 0. The second-order valence-electron chi connectivity index (χ2n) is 7.55. The van der Waals surface area contributed by atoms with Crippen LogP contribution in [-0.4, -0.2) is 29.3 Å². The van der Waals surface area contributed by atoms with E-state index in [-0.39, 0.29) is 11.8 Å². The van der Waals surface area contributed by atoms with E-state index in [2.05, 4.69) is 21.2 Å². The Labute approximate surface area is 186 Å². The standard InChI is InChI=1S/C23H28BrClN2O2/c1-16(2)14-26-23(29)17(3)27(15-18-8-11-20(24)12-9-18)22(28)13-10-19-6-4-5-7-21(19)25/h4-9,11-12,16-17H,10,13-15H2,1-3H3,(H,26,29)/t17-/m1/s1. The van der Waals surface area contributed by atoms with E-state index in [1.54, 1.807) is 11.8 Å². The van der Waals surface area contributed by atoms with Gasteiger partial charge >= 0.3 is 0 Å². The van der Waals surface area contributed by atoms with Crippen LogP contribution in [0.5, 0.6) is 0 Å². The zero-order valence-corrected chi connectivity index (χ0v) is 19.5. The Bertz CT molecular complexity index is 824. The fourth-order valence-electron chi connectivity index (χ4n) is 2.91. The number of carbonyl (C=O) groups is 2. The van der Waals surface area contributed by atoms with Crippen LogP contribution in [0.4, 0.5) is 0 Å². The predicted octanol–water partition coefficient (Wildman–Crippen LogP) is 5.22. The third-order valence-electron chi connectivity index (χ3n) is 4.68. The average molecular weight is 480 g/mol. The normalized spacial score (nSPS) is 11.9. The van der Waals surface area contributed by atoms with Crippen LogP contribution in [0.2, 0.25) is 5.02 Å². The third-order valence-corrected chi connectivity index (χ3v) is 5.58. The highest BCUT2D eigenvalue weighted by molar-refractivity contribution is 9.10. The molecule has 1 atom stereocenters. The fraction of sp³-hybridized carbons (Fsp3) is 0.391. The summed E-state index contributed by atoms with van der Waals surface area (Å²) in [6.45, 7) is 6.83. The molecule has 29 heavy (non-hydrogen) atoms. The van der Waals surface area contributed by atoms with E-state index in [0.29, 0.717) is 36.9 Å². The van der Waals surface area contributed by atoms with Crippen LogP contribution in [0.3, 0.4) is 0 Å². The SMILES string of the molecule is CC(C)CNC(=O)[C@@H](C)N(Cc1ccc(Br)cc1)C(=O)CCc1ccccc1Cl. The Morgan fingerprint density at radius 2 is 1.72 bits per heavy atom. The van der Waals surface area contributed by atoms with Crippen molar-refractivity contribution < 1.29 is 9.59 Å². The van der Waals surface area contributed by atoms with Crippen molar-refractivity contribution in [1.29, 1.82) is 0 Å². The number of hydrogen-bond donors (Lipinski definition) is 1. The molecule has 6 heteroatoms. The van der Waals surface area contributed by atoms with Gasteiger partial charge in [-0.15, -0.1) is 0 Å². The zero-order chi connectivity index (χ0) is 21.4. The molecule has 2 aromatic carbocycles. The van der Waals surface area contributed by atoms with E-state index in [9.17, 15) is 9.59 Å². The van der Waals surface area contributed by atoms with E-state index >= 15 is 0 Å². The Kier molecular flexibility index (Phi) is 9.18. The van der Waals surface area contributed by atoms with Crippen molar-refractivity contribution in [1.82, 2.24) is 10.2 Å². The quantitative estimate of drug-likeness (QED) is 0.536. The van der Waals surface area contributed by atoms with Crippen molar-refractivity contribution in [3.63, 3.8) is 0 Å². The van der Waals surface area contributed by atoms with Gasteiger partial charge in [0, 0.05) is 29.0 Å². The van der Waals surface area contributed by atoms with Gasteiger partial charge in [-0.1, -0.05) is 71.7 Å². The van der Waals surface area contributed by atoms with Crippen LogP contribution < -0.4 is 5.32 Å². The third kappa shape index (κ3) is 7.48. The highest BCUT2D eigenvalue weighted by Gasteiger charge is 2.26. The zero-order valence-electron chi connectivity index (χ0n) is 17.1. The maximum absolute atomic E-state index is 13.1. The molecule has 0 aliphatic heterocycles. The molecule has 4 nitrogen and oxygen atoms in total. The first-order valence-electron chi connectivity index (χ1n) is 9.83. The lowest BCUT2D eigenvalue weighted by atomic mass is 10.1. The summed E-state index contributed by atoms with van der Waals surface area (Å²) >= 11 is 9.65. The molecule has 0 bridgehead atoms. The van der Waals surface area contributed by atoms with Gasteiger partial charge < -0.3 is 10.2 Å². The molecule has 0 spiro atoms. The number of aryl methyl sites for hydroxylation is 1. The van der Waals surface area contributed by atoms with E-state index in [1.807, 2.05) is 62.4 Å². The number of halogens is 2. The molecule has 2 aromatic rings. The molecule has 0 heterocycles. The first kappa shape index (κ1) is 23.4. The molecule has 0 unspecified atom stereocenters. The Balaban J connectivity index is 2.13. The number of nitrogens with zero attached hydrogens (tertiary/aromatic N) is 1. The van der Waals surface area contributed by atoms with Crippen LogP contribution in [0.15, 0.2) is 53.0 Å². The van der Waals surface area contributed by atoms with Gasteiger partial charge in [-0.2, -0.15) is 0 Å². The smallest absolute Gasteiger partial charge is 0.242 e. The number of hydrogen-bond acceptors (Lipinski definition) is 2. The molecule has 156 valence electrons. The molecule has 0 radical (unpaired) electrons. The van der Waals surface area contributed by atoms with Crippen LogP contribution in [0, 0.1) is 5.92 Å². The van der Waals surface area contributed by atoms with Gasteiger partial charge in [0.2, 0.25) is 11.8 Å². The maximum atomic E-state index is 13.1. The average Bonchev–Trinajstić information content (AvgIpc) is 2.70. The van der Waals surface area contributed by atoms with Gasteiger partial charge in [0.15, 0.2) is 0 Å². The summed E-state index contributed by atoms with van der Waals surface area (Å²) in [5.74, 6) is 0.143. The minimum Gasteiger partial charge on any atom is -0.354 e. The first-order chi connectivity index (χ1) is 13.8. The minimum absolute atomic E-state index is 0.0694. The summed E-state index contributed by atoms with van der Waals surface area (Å²) in [5.41, 5.74) is 1.91.